The SMILES string of the molecule is Cc1cc(C)c(-c2snc3ccc([N+](=O)[O-])cc23)c(C)c1. The maximum absolute atomic E-state index is 11.0. The predicted molar refractivity (Wildman–Crippen MR) is 85.9 cm³/mol. The molecule has 1 heterocycles. The van der Waals surface area contributed by atoms with Crippen molar-refractivity contribution in [1.82, 2.24) is 4.37 Å². The van der Waals surface area contributed by atoms with Crippen LogP contribution < -0.4 is 0 Å². The lowest BCUT2D eigenvalue weighted by Crippen LogP contribution is -1.90. The number of hydrogen-bond acceptors (Lipinski definition) is 4. The standard InChI is InChI=1S/C16H14N2O2S/c1-9-6-10(2)15(11(3)7-9)16-13-8-12(18(19)20)4-5-14(13)17-21-16/h4-8H,1-3H3. The van der Waals surface area contributed by atoms with Gasteiger partial charge in [-0.15, -0.1) is 0 Å². The summed E-state index contributed by atoms with van der Waals surface area (Å²) in [6.07, 6.45) is 0. The normalized spacial score (nSPS) is 11.0. The third kappa shape index (κ3) is 2.29. The summed E-state index contributed by atoms with van der Waals surface area (Å²) in [5.41, 5.74) is 5.60. The molecule has 0 aliphatic rings. The predicted octanol–water partition coefficient (Wildman–Crippen LogP) is 4.80. The van der Waals surface area contributed by atoms with Crippen LogP contribution in [0.3, 0.4) is 0 Å². The Morgan fingerprint density at radius 3 is 2.38 bits per heavy atom. The Bertz CT molecular complexity index is 845. The van der Waals surface area contributed by atoms with E-state index in [2.05, 4.69) is 37.3 Å². The maximum Gasteiger partial charge on any atom is 0.270 e. The number of nitro groups is 1. The molecule has 0 aliphatic heterocycles. The fraction of sp³-hybridized carbons (Fsp3) is 0.188. The zero-order chi connectivity index (χ0) is 15.1. The zero-order valence-electron chi connectivity index (χ0n) is 12.0. The first kappa shape index (κ1) is 13.7. The molecule has 0 saturated carbocycles. The monoisotopic (exact) mass is 298 g/mol. The minimum Gasteiger partial charge on any atom is -0.258 e. The minimum absolute atomic E-state index is 0.103. The number of hydrogen-bond donors (Lipinski definition) is 0. The second-order valence-electron chi connectivity index (χ2n) is 5.24. The van der Waals surface area contributed by atoms with Gasteiger partial charge in [0.25, 0.3) is 5.69 Å². The van der Waals surface area contributed by atoms with Crippen molar-refractivity contribution in [3.8, 4) is 10.4 Å². The first-order valence-corrected chi connectivity index (χ1v) is 7.37. The van der Waals surface area contributed by atoms with Crippen LogP contribution in [-0.2, 0) is 0 Å². The quantitative estimate of drug-likeness (QED) is 0.504. The van der Waals surface area contributed by atoms with Gasteiger partial charge in [-0.25, -0.2) is 0 Å². The van der Waals surface area contributed by atoms with Gasteiger partial charge in [-0.3, -0.25) is 10.1 Å². The molecule has 4 nitrogen and oxygen atoms in total. The van der Waals surface area contributed by atoms with Gasteiger partial charge in [-0.2, -0.15) is 4.37 Å². The molecule has 0 unspecified atom stereocenters. The van der Waals surface area contributed by atoms with Crippen LogP contribution in [0.1, 0.15) is 16.7 Å². The fourth-order valence-electron chi connectivity index (χ4n) is 2.76. The van der Waals surface area contributed by atoms with Gasteiger partial charge in [-0.1, -0.05) is 17.7 Å². The van der Waals surface area contributed by atoms with Crippen LogP contribution in [0.15, 0.2) is 30.3 Å². The van der Waals surface area contributed by atoms with Crippen molar-refractivity contribution >= 4 is 28.1 Å². The summed E-state index contributed by atoms with van der Waals surface area (Å²) in [6, 6.07) is 9.09. The van der Waals surface area contributed by atoms with Gasteiger partial charge in [0.15, 0.2) is 0 Å². The summed E-state index contributed by atoms with van der Waals surface area (Å²) in [5, 5.41) is 11.8. The molecule has 0 spiro atoms. The highest BCUT2D eigenvalue weighted by Gasteiger charge is 2.16. The molecule has 3 rings (SSSR count). The summed E-state index contributed by atoms with van der Waals surface area (Å²) < 4.78 is 4.42. The van der Waals surface area contributed by atoms with Crippen molar-refractivity contribution in [2.45, 2.75) is 20.8 Å². The highest BCUT2D eigenvalue weighted by Crippen LogP contribution is 2.38. The molecule has 2 aromatic carbocycles. The lowest BCUT2D eigenvalue weighted by Gasteiger charge is -2.09. The van der Waals surface area contributed by atoms with Crippen molar-refractivity contribution in [1.29, 1.82) is 0 Å². The van der Waals surface area contributed by atoms with Gasteiger partial charge in [0.1, 0.15) is 0 Å². The van der Waals surface area contributed by atoms with E-state index in [1.54, 1.807) is 12.1 Å². The molecule has 0 radical (unpaired) electrons. The average molecular weight is 298 g/mol. The van der Waals surface area contributed by atoms with Crippen molar-refractivity contribution in [2.24, 2.45) is 0 Å². The average Bonchev–Trinajstić information content (AvgIpc) is 2.80. The minimum atomic E-state index is -0.365. The Hall–Kier alpha value is -2.27. The van der Waals surface area contributed by atoms with Gasteiger partial charge in [-0.05, 0) is 55.1 Å². The molecule has 106 valence electrons. The van der Waals surface area contributed by atoms with E-state index in [1.807, 2.05) is 0 Å². The molecule has 3 aromatic rings. The molecule has 21 heavy (non-hydrogen) atoms. The highest BCUT2D eigenvalue weighted by atomic mass is 32.1. The Balaban J connectivity index is 2.30. The molecule has 0 aliphatic carbocycles. The second kappa shape index (κ2) is 4.93. The van der Waals surface area contributed by atoms with Crippen LogP contribution in [0.25, 0.3) is 21.3 Å². The van der Waals surface area contributed by atoms with Crippen LogP contribution in [0.5, 0.6) is 0 Å². The third-order valence-corrected chi connectivity index (χ3v) is 4.47. The number of non-ortho nitro benzene ring substituents is 1. The van der Waals surface area contributed by atoms with Crippen molar-refractivity contribution in [2.75, 3.05) is 0 Å². The number of aromatic nitrogens is 1. The molecule has 0 bridgehead atoms. The Labute approximate surface area is 126 Å². The van der Waals surface area contributed by atoms with E-state index in [4.69, 9.17) is 0 Å². The van der Waals surface area contributed by atoms with E-state index in [-0.39, 0.29) is 10.6 Å². The third-order valence-electron chi connectivity index (χ3n) is 3.57. The van der Waals surface area contributed by atoms with E-state index >= 15 is 0 Å². The Kier molecular flexibility index (Phi) is 3.22. The van der Waals surface area contributed by atoms with Crippen molar-refractivity contribution in [3.05, 3.63) is 57.1 Å². The molecule has 0 amide bonds. The van der Waals surface area contributed by atoms with Crippen LogP contribution in [0.2, 0.25) is 0 Å². The van der Waals surface area contributed by atoms with Gasteiger partial charge in [0.2, 0.25) is 0 Å². The highest BCUT2D eigenvalue weighted by molar-refractivity contribution is 7.11. The van der Waals surface area contributed by atoms with Crippen LogP contribution in [0, 0.1) is 30.9 Å². The number of benzene rings is 2. The Morgan fingerprint density at radius 1 is 1.10 bits per heavy atom. The van der Waals surface area contributed by atoms with Crippen LogP contribution >= 0.6 is 11.5 Å². The first-order valence-electron chi connectivity index (χ1n) is 6.59. The Morgan fingerprint density at radius 2 is 1.76 bits per heavy atom. The molecule has 0 saturated heterocycles. The molecular weight excluding hydrogens is 284 g/mol. The molecule has 0 N–H and O–H groups in total. The number of nitrogens with zero attached hydrogens (tertiary/aromatic N) is 2. The lowest BCUT2D eigenvalue weighted by atomic mass is 9.97. The largest absolute Gasteiger partial charge is 0.270 e. The van der Waals surface area contributed by atoms with E-state index in [0.29, 0.717) is 0 Å². The van der Waals surface area contributed by atoms with E-state index in [9.17, 15) is 10.1 Å². The summed E-state index contributed by atoms with van der Waals surface area (Å²) in [5.74, 6) is 0. The maximum atomic E-state index is 11.0. The van der Waals surface area contributed by atoms with Gasteiger partial charge in [0, 0.05) is 17.5 Å². The summed E-state index contributed by atoms with van der Waals surface area (Å²) in [7, 11) is 0. The molecular formula is C16H14N2O2S. The first-order chi connectivity index (χ1) is 9.97. The van der Waals surface area contributed by atoms with Crippen LogP contribution in [0.4, 0.5) is 5.69 Å². The second-order valence-corrected chi connectivity index (χ2v) is 6.02. The van der Waals surface area contributed by atoms with Gasteiger partial charge >= 0.3 is 0 Å². The number of fused-ring (bicyclic) bond motifs is 1. The van der Waals surface area contributed by atoms with Crippen molar-refractivity contribution < 1.29 is 4.92 Å². The topological polar surface area (TPSA) is 56.0 Å². The fourth-order valence-corrected chi connectivity index (χ4v) is 3.79. The van der Waals surface area contributed by atoms with E-state index < -0.39 is 0 Å². The van der Waals surface area contributed by atoms with Crippen LogP contribution in [-0.4, -0.2) is 9.30 Å². The van der Waals surface area contributed by atoms with Crippen molar-refractivity contribution in [3.63, 3.8) is 0 Å². The van der Waals surface area contributed by atoms with E-state index in [0.717, 1.165) is 21.3 Å². The lowest BCUT2D eigenvalue weighted by molar-refractivity contribution is -0.384. The summed E-state index contributed by atoms with van der Waals surface area (Å²) in [4.78, 5) is 11.6. The molecule has 0 fully saturated rings. The number of aryl methyl sites for hydroxylation is 3. The summed E-state index contributed by atoms with van der Waals surface area (Å²) in [6.45, 7) is 6.20. The summed E-state index contributed by atoms with van der Waals surface area (Å²) >= 11 is 1.40. The zero-order valence-corrected chi connectivity index (χ0v) is 12.8. The molecule has 0 atom stereocenters. The van der Waals surface area contributed by atoms with Gasteiger partial charge < -0.3 is 0 Å². The van der Waals surface area contributed by atoms with E-state index in [1.165, 1.54) is 34.3 Å². The smallest absolute Gasteiger partial charge is 0.258 e. The number of nitro benzene ring substituents is 1. The number of rotatable bonds is 2. The molecule has 5 heteroatoms. The van der Waals surface area contributed by atoms with Gasteiger partial charge in [0.05, 0.1) is 15.3 Å². The molecule has 1 aromatic heterocycles.